The molecule has 64 heavy (non-hydrogen) atoms. The molecule has 4 aromatic heterocycles. The van der Waals surface area contributed by atoms with Crippen molar-refractivity contribution in [2.45, 2.75) is 0 Å². The van der Waals surface area contributed by atoms with E-state index < -0.39 is 0 Å². The second-order valence-corrected chi connectivity index (χ2v) is 14.4. The van der Waals surface area contributed by atoms with Crippen LogP contribution in [0.5, 0.6) is 23.3 Å². The summed E-state index contributed by atoms with van der Waals surface area (Å²) in [5, 5.41) is 0.906. The van der Waals surface area contributed by atoms with E-state index in [1.54, 1.807) is 36.0 Å². The Labute approximate surface area is 405 Å². The second kappa shape index (κ2) is 24.1. The summed E-state index contributed by atoms with van der Waals surface area (Å²) in [7, 11) is 8.98. The normalized spacial score (nSPS) is 10.2. The Hall–Kier alpha value is -6.04. The first kappa shape index (κ1) is 46.0. The molecule has 320 valence electrons. The summed E-state index contributed by atoms with van der Waals surface area (Å²) in [4.78, 5) is 18.5. The average Bonchev–Trinajstić information content (AvgIpc) is 4.09. The van der Waals surface area contributed by atoms with Crippen molar-refractivity contribution in [3.63, 3.8) is 0 Å². The fourth-order valence-electron chi connectivity index (χ4n) is 6.28. The number of hydrogen-bond donors (Lipinski definition) is 0. The Morgan fingerprint density at radius 3 is 1.42 bits per heavy atom. The van der Waals surface area contributed by atoms with Crippen LogP contribution in [-0.2, 0) is 36.4 Å². The molecule has 4 heterocycles. The molecule has 6 aromatic carbocycles. The van der Waals surface area contributed by atoms with Gasteiger partial charge >= 0.3 is 55.4 Å². The van der Waals surface area contributed by atoms with E-state index in [2.05, 4.69) is 160 Å². The van der Waals surface area contributed by atoms with Crippen LogP contribution in [0.4, 0.5) is 0 Å². The standard InChI is InChI=1S/C26H17N2O2.C26H17N2OS.2ClH.2Pd/c2*1-2-7-19(8-3-1)20-12-14-21(15-13-20)24-18-28-26(30-24)22-9-6-10-23(17-22)29-25-11-4-5-16-27-25;;;;/h2*1-16,18H;2*1H;;/q2*-1;;;2*+2/p-2. The van der Waals surface area contributed by atoms with E-state index in [-0.39, 0.29) is 0 Å². The smallest absolute Gasteiger partial charge is 0.217 e. The molecule has 0 aliphatic rings. The van der Waals surface area contributed by atoms with Crippen molar-refractivity contribution in [2.24, 2.45) is 0 Å². The van der Waals surface area contributed by atoms with Gasteiger partial charge < -0.3 is 13.9 Å². The number of ether oxygens (including phenoxy) is 2. The van der Waals surface area contributed by atoms with Gasteiger partial charge in [0.25, 0.3) is 0 Å². The molecule has 0 amide bonds. The van der Waals surface area contributed by atoms with Crippen LogP contribution < -0.4 is 9.47 Å². The minimum absolute atomic E-state index is 0.489. The van der Waals surface area contributed by atoms with Gasteiger partial charge in [0, 0.05) is 57.7 Å². The van der Waals surface area contributed by atoms with Crippen molar-refractivity contribution in [1.82, 2.24) is 19.9 Å². The maximum absolute atomic E-state index is 5.99. The Morgan fingerprint density at radius 1 is 0.422 bits per heavy atom. The summed E-state index contributed by atoms with van der Waals surface area (Å²) >= 11 is 6.09. The van der Waals surface area contributed by atoms with Crippen molar-refractivity contribution in [2.75, 3.05) is 0 Å². The maximum atomic E-state index is 5.99. The first-order chi connectivity index (χ1) is 31.7. The number of rotatable bonds is 10. The molecule has 12 heteroatoms. The van der Waals surface area contributed by atoms with Crippen LogP contribution in [-0.4, -0.2) is 19.9 Å². The molecule has 0 aliphatic carbocycles. The molecule has 0 fully saturated rings. The van der Waals surface area contributed by atoms with E-state index in [1.165, 1.54) is 16.7 Å². The Kier molecular flexibility index (Phi) is 17.3. The second-order valence-electron chi connectivity index (χ2n) is 13.3. The number of hydrogen-bond acceptors (Lipinski definition) is 8. The molecule has 0 atom stereocenters. The number of thiazole rings is 1. The minimum Gasteiger partial charge on any atom is -0.481 e. The van der Waals surface area contributed by atoms with Gasteiger partial charge in [-0.15, -0.1) is 42.0 Å². The molecular formula is C52H34Cl2N4O3Pd2S. The van der Waals surface area contributed by atoms with Crippen molar-refractivity contribution < 1.29 is 50.3 Å². The molecule has 0 unspecified atom stereocenters. The summed E-state index contributed by atoms with van der Waals surface area (Å²) in [5.74, 6) is 3.42. The summed E-state index contributed by atoms with van der Waals surface area (Å²) < 4.78 is 17.5. The quantitative estimate of drug-likeness (QED) is 0.0996. The third kappa shape index (κ3) is 12.6. The number of benzene rings is 6. The molecule has 10 aromatic rings. The number of oxazole rings is 1. The number of pyridine rings is 2. The van der Waals surface area contributed by atoms with Gasteiger partial charge in [-0.25, -0.2) is 9.97 Å². The maximum Gasteiger partial charge on any atom is 0.217 e. The third-order valence-corrected chi connectivity index (χ3v) is 10.3. The van der Waals surface area contributed by atoms with Crippen molar-refractivity contribution in [3.05, 3.63) is 219 Å². The molecule has 0 aliphatic heterocycles. The van der Waals surface area contributed by atoms with Gasteiger partial charge in [-0.05, 0) is 39.9 Å². The van der Waals surface area contributed by atoms with Gasteiger partial charge in [-0.2, -0.15) is 11.3 Å². The summed E-state index contributed by atoms with van der Waals surface area (Å²) in [6.07, 6.45) is 7.03. The molecule has 0 spiro atoms. The van der Waals surface area contributed by atoms with E-state index in [0.717, 1.165) is 37.7 Å². The van der Waals surface area contributed by atoms with Crippen LogP contribution in [0.1, 0.15) is 0 Å². The largest absolute Gasteiger partial charge is 0.481 e. The van der Waals surface area contributed by atoms with Crippen LogP contribution in [0.3, 0.4) is 0 Å². The third-order valence-electron chi connectivity index (χ3n) is 9.27. The number of aromatic nitrogens is 4. The van der Waals surface area contributed by atoms with E-state index in [1.807, 2.05) is 109 Å². The number of nitrogens with zero attached hydrogens (tertiary/aromatic N) is 4. The topological polar surface area (TPSA) is 83.2 Å². The SMILES string of the molecule is [Cl][Pd+].[Cl][Pd+].[c-]1c(Oc2ccccn2)cccc1-c1ncc(-c2ccc(-c3ccccc3)cc2)o1.[c-]1c(Oc2ccccn2)cccc1-c1ncc(-c2ccc(-c3ccccc3)cc2)s1. The van der Waals surface area contributed by atoms with E-state index in [4.69, 9.17) is 13.9 Å². The van der Waals surface area contributed by atoms with Gasteiger partial charge in [0.05, 0.1) is 6.20 Å². The average molecular weight is 1080 g/mol. The van der Waals surface area contributed by atoms with Crippen LogP contribution in [0.15, 0.2) is 211 Å². The van der Waals surface area contributed by atoms with Crippen LogP contribution in [0.25, 0.3) is 66.0 Å². The molecule has 10 rings (SSSR count). The molecule has 0 N–H and O–H groups in total. The predicted octanol–water partition coefficient (Wildman–Crippen LogP) is 15.2. The monoisotopic (exact) mass is 1080 g/mol. The summed E-state index contributed by atoms with van der Waals surface area (Å²) in [6, 6.07) is 66.4. The Morgan fingerprint density at radius 2 is 0.891 bits per heavy atom. The summed E-state index contributed by atoms with van der Waals surface area (Å²) in [6.45, 7) is 0. The van der Waals surface area contributed by atoms with E-state index >= 15 is 0 Å². The Bertz CT molecular complexity index is 2730. The fraction of sp³-hybridized carbons (Fsp3) is 0. The molecule has 0 saturated heterocycles. The molecule has 0 bridgehead atoms. The van der Waals surface area contributed by atoms with E-state index in [0.29, 0.717) is 34.9 Å². The van der Waals surface area contributed by atoms with Crippen molar-refractivity contribution >= 4 is 30.4 Å². The van der Waals surface area contributed by atoms with Gasteiger partial charge in [0.1, 0.15) is 11.7 Å². The first-order valence-corrected chi connectivity index (χ1v) is 24.2. The molecular weight excluding hydrogens is 1040 g/mol. The van der Waals surface area contributed by atoms with Gasteiger partial charge in [-0.1, -0.05) is 139 Å². The van der Waals surface area contributed by atoms with Gasteiger partial charge in [0.15, 0.2) is 0 Å². The zero-order valence-electron chi connectivity index (χ0n) is 33.4. The van der Waals surface area contributed by atoms with E-state index in [9.17, 15) is 0 Å². The van der Waals surface area contributed by atoms with Gasteiger partial charge in [0.2, 0.25) is 11.8 Å². The summed E-state index contributed by atoms with van der Waals surface area (Å²) in [5.41, 5.74) is 8.50. The predicted molar refractivity (Wildman–Crippen MR) is 249 cm³/mol. The minimum atomic E-state index is 0.489. The molecule has 7 nitrogen and oxygen atoms in total. The zero-order valence-corrected chi connectivity index (χ0v) is 38.9. The molecule has 0 radical (unpaired) electrons. The van der Waals surface area contributed by atoms with Crippen molar-refractivity contribution in [3.8, 4) is 89.3 Å². The molecule has 0 saturated carbocycles. The van der Waals surface area contributed by atoms with Crippen molar-refractivity contribution in [1.29, 1.82) is 0 Å². The van der Waals surface area contributed by atoms with Crippen LogP contribution in [0.2, 0.25) is 0 Å². The van der Waals surface area contributed by atoms with Gasteiger partial charge in [-0.3, -0.25) is 9.97 Å². The fourth-order valence-corrected chi connectivity index (χ4v) is 7.19. The van der Waals surface area contributed by atoms with Crippen LogP contribution in [0, 0.1) is 12.1 Å². The first-order valence-electron chi connectivity index (χ1n) is 19.4. The number of halogens is 2. The Balaban J connectivity index is 0.000000178. The zero-order chi connectivity index (χ0) is 44.4. The van der Waals surface area contributed by atoms with Crippen LogP contribution >= 0.6 is 30.4 Å².